The molecule has 142 valence electrons. The Balaban J connectivity index is 1.47. The molecule has 1 aliphatic heterocycles. The van der Waals surface area contributed by atoms with E-state index in [4.69, 9.17) is 5.73 Å². The van der Waals surface area contributed by atoms with E-state index in [1.807, 2.05) is 11.8 Å². The standard InChI is InChI=1S/C20H30N4O2/c1-14(16-7-6-15-4-2-3-5-17(15)12-16)22-20(26)23-18-8-10-24(11-9-18)13-19(21)25/h6-7,12,14,18H,2-5,8-11,13H2,1H3,(H2,21,25)(H2,22,23,26)/t14-/m0/s1. The van der Waals surface area contributed by atoms with Gasteiger partial charge in [-0.1, -0.05) is 18.2 Å². The second-order valence-electron chi connectivity index (χ2n) is 7.59. The molecular weight excluding hydrogens is 328 g/mol. The second-order valence-corrected chi connectivity index (χ2v) is 7.59. The van der Waals surface area contributed by atoms with Crippen LogP contribution in [0.1, 0.15) is 55.3 Å². The van der Waals surface area contributed by atoms with Crippen molar-refractivity contribution in [2.24, 2.45) is 5.73 Å². The van der Waals surface area contributed by atoms with Crippen LogP contribution in [0.15, 0.2) is 18.2 Å². The molecule has 6 heteroatoms. The molecule has 1 saturated heterocycles. The summed E-state index contributed by atoms with van der Waals surface area (Å²) in [5.41, 5.74) is 9.29. The Kier molecular flexibility index (Phi) is 6.14. The molecular formula is C20H30N4O2. The van der Waals surface area contributed by atoms with Crippen molar-refractivity contribution in [1.29, 1.82) is 0 Å². The summed E-state index contributed by atoms with van der Waals surface area (Å²) < 4.78 is 0. The summed E-state index contributed by atoms with van der Waals surface area (Å²) in [5.74, 6) is -0.298. The van der Waals surface area contributed by atoms with Crippen LogP contribution in [0.3, 0.4) is 0 Å². The number of likely N-dealkylation sites (tertiary alicyclic amines) is 1. The number of carbonyl (C=O) groups is 2. The molecule has 4 N–H and O–H groups in total. The number of hydrogen-bond acceptors (Lipinski definition) is 3. The highest BCUT2D eigenvalue weighted by atomic mass is 16.2. The molecule has 1 aromatic rings. The number of fused-ring (bicyclic) bond motifs is 1. The van der Waals surface area contributed by atoms with Crippen LogP contribution in [0.2, 0.25) is 0 Å². The van der Waals surface area contributed by atoms with Gasteiger partial charge >= 0.3 is 6.03 Å². The number of benzene rings is 1. The molecule has 0 bridgehead atoms. The first-order valence-corrected chi connectivity index (χ1v) is 9.70. The highest BCUT2D eigenvalue weighted by Gasteiger charge is 2.22. The lowest BCUT2D eigenvalue weighted by molar-refractivity contribution is -0.119. The molecule has 2 aliphatic rings. The van der Waals surface area contributed by atoms with Crippen molar-refractivity contribution < 1.29 is 9.59 Å². The fourth-order valence-electron chi connectivity index (χ4n) is 3.99. The smallest absolute Gasteiger partial charge is 0.315 e. The second kappa shape index (κ2) is 8.54. The van der Waals surface area contributed by atoms with Gasteiger partial charge in [0, 0.05) is 19.1 Å². The maximum absolute atomic E-state index is 12.3. The molecule has 0 spiro atoms. The molecule has 3 amide bonds. The SMILES string of the molecule is C[C@H](NC(=O)NC1CCN(CC(N)=O)CC1)c1ccc2c(c1)CCCC2. The number of aryl methyl sites for hydroxylation is 2. The maximum Gasteiger partial charge on any atom is 0.315 e. The van der Waals surface area contributed by atoms with Crippen LogP contribution in [-0.4, -0.2) is 42.5 Å². The molecule has 6 nitrogen and oxygen atoms in total. The fourth-order valence-corrected chi connectivity index (χ4v) is 3.99. The molecule has 1 fully saturated rings. The number of nitrogens with one attached hydrogen (secondary N) is 2. The largest absolute Gasteiger partial charge is 0.369 e. The molecule has 26 heavy (non-hydrogen) atoms. The van der Waals surface area contributed by atoms with Gasteiger partial charge in [0.1, 0.15) is 0 Å². The number of rotatable bonds is 5. The summed E-state index contributed by atoms with van der Waals surface area (Å²) in [7, 11) is 0. The Morgan fingerprint density at radius 3 is 2.58 bits per heavy atom. The molecule has 0 aromatic heterocycles. The molecule has 0 saturated carbocycles. The van der Waals surface area contributed by atoms with E-state index in [2.05, 4.69) is 28.8 Å². The van der Waals surface area contributed by atoms with Crippen LogP contribution in [-0.2, 0) is 17.6 Å². The summed E-state index contributed by atoms with van der Waals surface area (Å²) >= 11 is 0. The summed E-state index contributed by atoms with van der Waals surface area (Å²) in [6.45, 7) is 3.90. The zero-order valence-electron chi connectivity index (χ0n) is 15.6. The van der Waals surface area contributed by atoms with Gasteiger partial charge in [0.2, 0.25) is 5.91 Å². The number of urea groups is 1. The van der Waals surface area contributed by atoms with E-state index in [-0.39, 0.29) is 24.0 Å². The van der Waals surface area contributed by atoms with Crippen molar-refractivity contribution in [1.82, 2.24) is 15.5 Å². The summed E-state index contributed by atoms with van der Waals surface area (Å²) in [4.78, 5) is 25.3. The van der Waals surface area contributed by atoms with Gasteiger partial charge in [0.15, 0.2) is 0 Å². The quantitative estimate of drug-likeness (QED) is 0.751. The predicted molar refractivity (Wildman–Crippen MR) is 102 cm³/mol. The van der Waals surface area contributed by atoms with Crippen molar-refractivity contribution >= 4 is 11.9 Å². The molecule has 1 atom stereocenters. The minimum atomic E-state index is -0.298. The minimum absolute atomic E-state index is 0.0165. The Morgan fingerprint density at radius 1 is 1.19 bits per heavy atom. The summed E-state index contributed by atoms with van der Waals surface area (Å²) in [6, 6.07) is 6.61. The number of piperidine rings is 1. The van der Waals surface area contributed by atoms with Gasteiger partial charge in [-0.2, -0.15) is 0 Å². The number of amides is 3. The van der Waals surface area contributed by atoms with Gasteiger partial charge in [-0.3, -0.25) is 9.69 Å². The zero-order valence-corrected chi connectivity index (χ0v) is 15.6. The van der Waals surface area contributed by atoms with Crippen LogP contribution in [0.5, 0.6) is 0 Å². The average molecular weight is 358 g/mol. The van der Waals surface area contributed by atoms with Crippen molar-refractivity contribution in [3.05, 3.63) is 34.9 Å². The van der Waals surface area contributed by atoms with Gasteiger partial charge in [0.25, 0.3) is 0 Å². The maximum atomic E-state index is 12.3. The Morgan fingerprint density at radius 2 is 1.88 bits per heavy atom. The average Bonchev–Trinajstić information content (AvgIpc) is 2.62. The Labute approximate surface area is 155 Å². The van der Waals surface area contributed by atoms with E-state index in [0.29, 0.717) is 6.54 Å². The van der Waals surface area contributed by atoms with Gasteiger partial charge in [-0.15, -0.1) is 0 Å². The molecule has 0 unspecified atom stereocenters. The highest BCUT2D eigenvalue weighted by Crippen LogP contribution is 2.24. The molecule has 1 aliphatic carbocycles. The Hall–Kier alpha value is -2.08. The van der Waals surface area contributed by atoms with Crippen LogP contribution in [0, 0.1) is 0 Å². The van der Waals surface area contributed by atoms with Crippen LogP contribution >= 0.6 is 0 Å². The first kappa shape index (κ1) is 18.7. The summed E-state index contributed by atoms with van der Waals surface area (Å²) in [6.07, 6.45) is 6.54. The third-order valence-corrected chi connectivity index (χ3v) is 5.52. The molecule has 3 rings (SSSR count). The Bertz CT molecular complexity index is 653. The van der Waals surface area contributed by atoms with Crippen molar-refractivity contribution in [2.45, 2.75) is 57.5 Å². The third kappa shape index (κ3) is 4.97. The number of nitrogens with zero attached hydrogens (tertiary/aromatic N) is 1. The highest BCUT2D eigenvalue weighted by molar-refractivity contribution is 5.76. The lowest BCUT2D eigenvalue weighted by Gasteiger charge is -2.31. The third-order valence-electron chi connectivity index (χ3n) is 5.52. The van der Waals surface area contributed by atoms with Crippen LogP contribution in [0.4, 0.5) is 4.79 Å². The van der Waals surface area contributed by atoms with Crippen LogP contribution in [0.25, 0.3) is 0 Å². The van der Waals surface area contributed by atoms with E-state index in [9.17, 15) is 9.59 Å². The van der Waals surface area contributed by atoms with Crippen molar-refractivity contribution in [3.63, 3.8) is 0 Å². The number of nitrogens with two attached hydrogens (primary N) is 1. The van der Waals surface area contributed by atoms with Gasteiger partial charge < -0.3 is 16.4 Å². The zero-order chi connectivity index (χ0) is 18.5. The van der Waals surface area contributed by atoms with Gasteiger partial charge in [0.05, 0.1) is 12.6 Å². The van der Waals surface area contributed by atoms with E-state index in [1.54, 1.807) is 0 Å². The first-order valence-electron chi connectivity index (χ1n) is 9.70. The molecule has 1 aromatic carbocycles. The normalized spacial score (nSPS) is 19.4. The lowest BCUT2D eigenvalue weighted by atomic mass is 9.89. The number of hydrogen-bond donors (Lipinski definition) is 3. The predicted octanol–water partition coefficient (Wildman–Crippen LogP) is 1.88. The lowest BCUT2D eigenvalue weighted by Crippen LogP contribution is -2.49. The van der Waals surface area contributed by atoms with Crippen LogP contribution < -0.4 is 16.4 Å². The van der Waals surface area contributed by atoms with Crippen molar-refractivity contribution in [3.8, 4) is 0 Å². The first-order chi connectivity index (χ1) is 12.5. The van der Waals surface area contributed by atoms with Gasteiger partial charge in [-0.05, 0) is 62.1 Å². The van der Waals surface area contributed by atoms with E-state index in [1.165, 1.54) is 30.4 Å². The number of carbonyl (C=O) groups excluding carboxylic acids is 2. The minimum Gasteiger partial charge on any atom is -0.369 e. The van der Waals surface area contributed by atoms with E-state index in [0.717, 1.165) is 37.9 Å². The fraction of sp³-hybridized carbons (Fsp3) is 0.600. The monoisotopic (exact) mass is 358 g/mol. The van der Waals surface area contributed by atoms with Gasteiger partial charge in [-0.25, -0.2) is 4.79 Å². The topological polar surface area (TPSA) is 87.5 Å². The molecule has 1 heterocycles. The molecule has 0 radical (unpaired) electrons. The number of primary amides is 1. The summed E-state index contributed by atoms with van der Waals surface area (Å²) in [5, 5.41) is 6.12. The van der Waals surface area contributed by atoms with Crippen molar-refractivity contribution in [2.75, 3.05) is 19.6 Å². The van der Waals surface area contributed by atoms with E-state index >= 15 is 0 Å². The van der Waals surface area contributed by atoms with E-state index < -0.39 is 0 Å².